The van der Waals surface area contributed by atoms with Crippen LogP contribution in [0.1, 0.15) is 27.2 Å². The van der Waals surface area contributed by atoms with E-state index in [1.54, 1.807) is 7.11 Å². The van der Waals surface area contributed by atoms with Gasteiger partial charge in [0.2, 0.25) is 0 Å². The summed E-state index contributed by atoms with van der Waals surface area (Å²) in [6.45, 7) is 9.93. The maximum atomic E-state index is 5.35. The molecule has 0 aromatic carbocycles. The highest BCUT2D eigenvalue weighted by Crippen LogP contribution is 1.99. The van der Waals surface area contributed by atoms with E-state index in [2.05, 4.69) is 26.1 Å². The maximum Gasteiger partial charge on any atom is 0.0700 e. The van der Waals surface area contributed by atoms with Crippen LogP contribution in [-0.4, -0.2) is 39.5 Å². The topological polar surface area (TPSA) is 30.5 Å². The van der Waals surface area contributed by atoms with E-state index in [1.165, 1.54) is 0 Å². The molecule has 1 N–H and O–H groups in total. The lowest BCUT2D eigenvalue weighted by atomic mass is 10.1. The van der Waals surface area contributed by atoms with Gasteiger partial charge in [0.05, 0.1) is 13.2 Å². The second kappa shape index (κ2) is 9.44. The van der Waals surface area contributed by atoms with E-state index >= 15 is 0 Å². The molecule has 0 rings (SSSR count). The zero-order chi connectivity index (χ0) is 10.8. The fourth-order valence-corrected chi connectivity index (χ4v) is 0.984. The minimum atomic E-state index is 0.592. The van der Waals surface area contributed by atoms with Crippen LogP contribution in [0.5, 0.6) is 0 Å². The molecule has 0 bridgehead atoms. The largest absolute Gasteiger partial charge is 0.382 e. The van der Waals surface area contributed by atoms with Crippen LogP contribution < -0.4 is 5.32 Å². The lowest BCUT2D eigenvalue weighted by Gasteiger charge is -2.17. The molecule has 0 aromatic heterocycles. The Kier molecular flexibility index (Phi) is 9.35. The molecule has 14 heavy (non-hydrogen) atoms. The molecule has 0 aliphatic carbocycles. The number of nitrogens with one attached hydrogen (secondary N) is 1. The van der Waals surface area contributed by atoms with Crippen LogP contribution >= 0.6 is 0 Å². The van der Waals surface area contributed by atoms with Crippen LogP contribution in [0, 0.1) is 5.92 Å². The monoisotopic (exact) mass is 203 g/mol. The first-order chi connectivity index (χ1) is 6.68. The minimum absolute atomic E-state index is 0.592. The summed E-state index contributed by atoms with van der Waals surface area (Å²) in [7, 11) is 1.69. The van der Waals surface area contributed by atoms with E-state index in [0.29, 0.717) is 25.2 Å². The molecular formula is C11H25NO2. The first-order valence-electron chi connectivity index (χ1n) is 5.48. The van der Waals surface area contributed by atoms with E-state index < -0.39 is 0 Å². The predicted molar refractivity (Wildman–Crippen MR) is 59.6 cm³/mol. The summed E-state index contributed by atoms with van der Waals surface area (Å²) >= 11 is 0. The van der Waals surface area contributed by atoms with Gasteiger partial charge in [0.15, 0.2) is 0 Å². The Hall–Kier alpha value is -0.120. The van der Waals surface area contributed by atoms with E-state index in [0.717, 1.165) is 19.6 Å². The molecule has 3 heteroatoms. The minimum Gasteiger partial charge on any atom is -0.382 e. The summed E-state index contributed by atoms with van der Waals surface area (Å²) < 4.78 is 10.2. The van der Waals surface area contributed by atoms with Crippen molar-refractivity contribution < 1.29 is 9.47 Å². The normalized spacial score (nSPS) is 13.5. The van der Waals surface area contributed by atoms with Crippen molar-refractivity contribution in [3.8, 4) is 0 Å². The Morgan fingerprint density at radius 3 is 2.36 bits per heavy atom. The first-order valence-corrected chi connectivity index (χ1v) is 5.48. The summed E-state index contributed by atoms with van der Waals surface area (Å²) in [5.41, 5.74) is 0. The van der Waals surface area contributed by atoms with Gasteiger partial charge in [-0.2, -0.15) is 0 Å². The molecule has 0 aromatic rings. The van der Waals surface area contributed by atoms with Gasteiger partial charge < -0.3 is 14.8 Å². The molecule has 0 aliphatic rings. The smallest absolute Gasteiger partial charge is 0.0700 e. The maximum absolute atomic E-state index is 5.35. The summed E-state index contributed by atoms with van der Waals surface area (Å²) in [6, 6.07) is 0.592. The second-order valence-corrected chi connectivity index (χ2v) is 3.95. The molecule has 1 atom stereocenters. The van der Waals surface area contributed by atoms with Crippen LogP contribution in [0.15, 0.2) is 0 Å². The van der Waals surface area contributed by atoms with Crippen molar-refractivity contribution in [2.24, 2.45) is 5.92 Å². The third kappa shape index (κ3) is 8.48. The first kappa shape index (κ1) is 13.9. The molecule has 0 fully saturated rings. The van der Waals surface area contributed by atoms with Crippen molar-refractivity contribution in [1.29, 1.82) is 0 Å². The number of ether oxygens (including phenoxy) is 2. The summed E-state index contributed by atoms with van der Waals surface area (Å²) in [5, 5.41) is 3.46. The predicted octanol–water partition coefficient (Wildman–Crippen LogP) is 1.67. The Morgan fingerprint density at radius 2 is 1.79 bits per heavy atom. The van der Waals surface area contributed by atoms with E-state index in [-0.39, 0.29) is 0 Å². The Bertz CT molecular complexity index is 118. The summed E-state index contributed by atoms with van der Waals surface area (Å²) in [5.74, 6) is 0.699. The van der Waals surface area contributed by atoms with Crippen molar-refractivity contribution in [3.05, 3.63) is 0 Å². The van der Waals surface area contributed by atoms with Crippen molar-refractivity contribution in [3.63, 3.8) is 0 Å². The Morgan fingerprint density at radius 1 is 1.07 bits per heavy atom. The third-order valence-corrected chi connectivity index (χ3v) is 2.36. The third-order valence-electron chi connectivity index (χ3n) is 2.36. The van der Waals surface area contributed by atoms with Crippen LogP contribution in [0.2, 0.25) is 0 Å². The Labute approximate surface area is 88.2 Å². The molecule has 86 valence electrons. The number of hydrogen-bond acceptors (Lipinski definition) is 3. The Balaban J connectivity index is 3.06. The molecule has 3 nitrogen and oxygen atoms in total. The molecule has 0 heterocycles. The van der Waals surface area contributed by atoms with Gasteiger partial charge in [0.25, 0.3) is 0 Å². The summed E-state index contributed by atoms with van der Waals surface area (Å²) in [4.78, 5) is 0. The zero-order valence-electron chi connectivity index (χ0n) is 10.0. The molecule has 1 unspecified atom stereocenters. The quantitative estimate of drug-likeness (QED) is 0.578. The van der Waals surface area contributed by atoms with Crippen molar-refractivity contribution in [2.75, 3.05) is 33.5 Å². The molecule has 0 spiro atoms. The molecular weight excluding hydrogens is 178 g/mol. The zero-order valence-corrected chi connectivity index (χ0v) is 10.0. The number of rotatable bonds is 9. The highest BCUT2D eigenvalue weighted by Gasteiger charge is 2.04. The standard InChI is InChI=1S/C11H25NO2/c1-10(2)11(3)12-6-5-7-14-9-8-13-4/h10-12H,5-9H2,1-4H3. The van der Waals surface area contributed by atoms with E-state index in [1.807, 2.05) is 0 Å². The number of methoxy groups -OCH3 is 1. The molecule has 0 amide bonds. The van der Waals surface area contributed by atoms with Gasteiger partial charge in [0, 0.05) is 19.8 Å². The molecule has 0 radical (unpaired) electrons. The fourth-order valence-electron chi connectivity index (χ4n) is 0.984. The highest BCUT2D eigenvalue weighted by atomic mass is 16.5. The van der Waals surface area contributed by atoms with Gasteiger partial charge in [-0.05, 0) is 25.8 Å². The van der Waals surface area contributed by atoms with Crippen LogP contribution in [-0.2, 0) is 9.47 Å². The van der Waals surface area contributed by atoms with E-state index in [4.69, 9.17) is 9.47 Å². The van der Waals surface area contributed by atoms with Gasteiger partial charge >= 0.3 is 0 Å². The molecule has 0 saturated heterocycles. The van der Waals surface area contributed by atoms with Crippen LogP contribution in [0.3, 0.4) is 0 Å². The van der Waals surface area contributed by atoms with Gasteiger partial charge in [-0.3, -0.25) is 0 Å². The van der Waals surface area contributed by atoms with Crippen molar-refractivity contribution in [1.82, 2.24) is 5.32 Å². The van der Waals surface area contributed by atoms with E-state index in [9.17, 15) is 0 Å². The molecule has 0 aliphatic heterocycles. The lowest BCUT2D eigenvalue weighted by molar-refractivity contribution is 0.0691. The van der Waals surface area contributed by atoms with Gasteiger partial charge in [-0.1, -0.05) is 13.8 Å². The van der Waals surface area contributed by atoms with Crippen molar-refractivity contribution in [2.45, 2.75) is 33.2 Å². The summed E-state index contributed by atoms with van der Waals surface area (Å²) in [6.07, 6.45) is 1.07. The average molecular weight is 203 g/mol. The second-order valence-electron chi connectivity index (χ2n) is 3.95. The van der Waals surface area contributed by atoms with Gasteiger partial charge in [-0.25, -0.2) is 0 Å². The fraction of sp³-hybridized carbons (Fsp3) is 1.00. The molecule has 0 saturated carbocycles. The highest BCUT2D eigenvalue weighted by molar-refractivity contribution is 4.63. The average Bonchev–Trinajstić information content (AvgIpc) is 2.16. The van der Waals surface area contributed by atoms with Gasteiger partial charge in [0.1, 0.15) is 0 Å². The lowest BCUT2D eigenvalue weighted by Crippen LogP contribution is -2.32. The number of hydrogen-bond donors (Lipinski definition) is 1. The van der Waals surface area contributed by atoms with Crippen molar-refractivity contribution >= 4 is 0 Å². The van der Waals surface area contributed by atoms with Crippen LogP contribution in [0.4, 0.5) is 0 Å². The SMILES string of the molecule is COCCOCCCNC(C)C(C)C. The van der Waals surface area contributed by atoms with Crippen LogP contribution in [0.25, 0.3) is 0 Å². The van der Waals surface area contributed by atoms with Gasteiger partial charge in [-0.15, -0.1) is 0 Å².